The number of thiophene rings is 1. The number of carbonyl (C=O) groups excluding carboxylic acids is 1. The molecule has 2 aromatic heterocycles. The molecule has 6 nitrogen and oxygen atoms in total. The fourth-order valence-electron chi connectivity index (χ4n) is 3.02. The second-order valence-corrected chi connectivity index (χ2v) is 7.45. The average molecular weight is 346 g/mol. The maximum absolute atomic E-state index is 12.3. The van der Waals surface area contributed by atoms with Gasteiger partial charge in [0.25, 0.3) is 0 Å². The first-order valence-corrected chi connectivity index (χ1v) is 8.85. The van der Waals surface area contributed by atoms with Gasteiger partial charge in [0.2, 0.25) is 5.91 Å². The summed E-state index contributed by atoms with van der Waals surface area (Å²) >= 11 is 1.58. The van der Waals surface area contributed by atoms with Gasteiger partial charge in [-0.2, -0.15) is 0 Å². The predicted octanol–water partition coefficient (Wildman–Crippen LogP) is 1.49. The Balaban J connectivity index is 1.59. The Labute approximate surface area is 145 Å². The van der Waals surface area contributed by atoms with Crippen molar-refractivity contribution >= 4 is 23.1 Å². The highest BCUT2D eigenvalue weighted by Crippen LogP contribution is 2.26. The molecule has 1 N–H and O–H groups in total. The first-order valence-electron chi connectivity index (χ1n) is 7.97. The summed E-state index contributed by atoms with van der Waals surface area (Å²) in [7, 11) is 1.76. The highest BCUT2D eigenvalue weighted by Gasteiger charge is 2.38. The molecule has 1 aliphatic rings. The summed E-state index contributed by atoms with van der Waals surface area (Å²) in [5.41, 5.74) is -0.00249. The molecule has 24 heavy (non-hydrogen) atoms. The first kappa shape index (κ1) is 16.9. The lowest BCUT2D eigenvalue weighted by Crippen LogP contribution is -2.46. The van der Waals surface area contributed by atoms with E-state index in [0.29, 0.717) is 25.9 Å². The molecule has 1 saturated heterocycles. The van der Waals surface area contributed by atoms with Gasteiger partial charge < -0.3 is 14.9 Å². The van der Waals surface area contributed by atoms with Crippen molar-refractivity contribution in [2.24, 2.45) is 0 Å². The van der Waals surface area contributed by atoms with Crippen LogP contribution in [-0.4, -0.2) is 58.2 Å². The number of aromatic nitrogens is 2. The van der Waals surface area contributed by atoms with Crippen LogP contribution in [0.3, 0.4) is 0 Å². The highest BCUT2D eigenvalue weighted by molar-refractivity contribution is 7.10. The van der Waals surface area contributed by atoms with E-state index in [9.17, 15) is 9.90 Å². The third-order valence-corrected chi connectivity index (χ3v) is 5.18. The third-order valence-electron chi connectivity index (χ3n) is 4.31. The van der Waals surface area contributed by atoms with Gasteiger partial charge >= 0.3 is 0 Å². The fourth-order valence-corrected chi connectivity index (χ4v) is 3.72. The van der Waals surface area contributed by atoms with E-state index in [1.807, 2.05) is 35.4 Å². The smallest absolute Gasteiger partial charge is 0.227 e. The summed E-state index contributed by atoms with van der Waals surface area (Å²) < 4.78 is 0. The van der Waals surface area contributed by atoms with Crippen molar-refractivity contribution in [2.75, 3.05) is 31.6 Å². The van der Waals surface area contributed by atoms with Crippen LogP contribution in [0.4, 0.5) is 5.82 Å². The number of aliphatic hydroxyl groups is 1. The number of hydrogen-bond acceptors (Lipinski definition) is 6. The number of nitrogens with zero attached hydrogens (tertiary/aromatic N) is 4. The van der Waals surface area contributed by atoms with E-state index in [1.54, 1.807) is 29.6 Å². The second kappa shape index (κ2) is 6.86. The van der Waals surface area contributed by atoms with Crippen LogP contribution in [0.2, 0.25) is 0 Å². The minimum atomic E-state index is -0.904. The highest BCUT2D eigenvalue weighted by atomic mass is 32.1. The van der Waals surface area contributed by atoms with Crippen molar-refractivity contribution in [3.05, 3.63) is 40.5 Å². The van der Waals surface area contributed by atoms with Crippen molar-refractivity contribution in [3.8, 4) is 0 Å². The number of β-amino-alcohol motifs (C(OH)–C–C–N with tert-alkyl or cyclic N) is 1. The Bertz CT molecular complexity index is 706. The number of likely N-dealkylation sites (N-methyl/N-ethyl adjacent to an activating group) is 1. The Morgan fingerprint density at radius 2 is 2.33 bits per heavy atom. The molecule has 0 unspecified atom stereocenters. The first-order chi connectivity index (χ1) is 11.5. The van der Waals surface area contributed by atoms with E-state index < -0.39 is 5.60 Å². The van der Waals surface area contributed by atoms with E-state index in [0.717, 1.165) is 22.9 Å². The molecule has 1 amide bonds. The molecule has 0 aliphatic carbocycles. The fraction of sp³-hybridized carbons (Fsp3) is 0.471. The summed E-state index contributed by atoms with van der Waals surface area (Å²) in [4.78, 5) is 25.4. The van der Waals surface area contributed by atoms with Gasteiger partial charge in [0.15, 0.2) is 0 Å². The number of rotatable bonds is 5. The van der Waals surface area contributed by atoms with Crippen molar-refractivity contribution in [2.45, 2.75) is 25.4 Å². The van der Waals surface area contributed by atoms with E-state index in [2.05, 4.69) is 9.97 Å². The van der Waals surface area contributed by atoms with E-state index in [-0.39, 0.29) is 5.91 Å². The van der Waals surface area contributed by atoms with Gasteiger partial charge in [0.1, 0.15) is 17.7 Å². The Morgan fingerprint density at radius 1 is 1.50 bits per heavy atom. The molecule has 1 aliphatic heterocycles. The standard InChI is InChI=1S/C17H22N4O2S/c1-13-8-15(19-12-18-13)21-6-5-17(23,11-21)10-20(2)16(22)9-14-4-3-7-24-14/h3-4,7-8,12,23H,5-6,9-11H2,1-2H3/t17-/m1/s1. The second-order valence-electron chi connectivity index (χ2n) is 6.42. The predicted molar refractivity (Wildman–Crippen MR) is 94.2 cm³/mol. The number of hydrogen-bond donors (Lipinski definition) is 1. The molecule has 0 spiro atoms. The van der Waals surface area contributed by atoms with Crippen LogP contribution in [0.5, 0.6) is 0 Å². The van der Waals surface area contributed by atoms with Gasteiger partial charge in [0.05, 0.1) is 13.0 Å². The number of carbonyl (C=O) groups is 1. The van der Waals surface area contributed by atoms with Crippen LogP contribution >= 0.6 is 11.3 Å². The maximum atomic E-state index is 12.3. The van der Waals surface area contributed by atoms with Gasteiger partial charge in [-0.15, -0.1) is 11.3 Å². The summed E-state index contributed by atoms with van der Waals surface area (Å²) in [5.74, 6) is 0.855. The molecule has 0 saturated carbocycles. The van der Waals surface area contributed by atoms with E-state index in [4.69, 9.17) is 0 Å². The summed E-state index contributed by atoms with van der Waals surface area (Å²) in [5, 5.41) is 12.8. The lowest BCUT2D eigenvalue weighted by Gasteiger charge is -2.29. The third kappa shape index (κ3) is 3.91. The average Bonchev–Trinajstić information content (AvgIpc) is 3.17. The number of aryl methyl sites for hydroxylation is 1. The molecule has 1 atom stereocenters. The van der Waals surface area contributed by atoms with Crippen molar-refractivity contribution in [1.29, 1.82) is 0 Å². The monoisotopic (exact) mass is 346 g/mol. The normalized spacial score (nSPS) is 20.4. The van der Waals surface area contributed by atoms with E-state index >= 15 is 0 Å². The van der Waals surface area contributed by atoms with Gasteiger partial charge in [-0.25, -0.2) is 9.97 Å². The zero-order chi connectivity index (χ0) is 17.2. The van der Waals surface area contributed by atoms with Crippen molar-refractivity contribution < 1.29 is 9.90 Å². The zero-order valence-corrected chi connectivity index (χ0v) is 14.8. The molecule has 0 bridgehead atoms. The molecule has 3 rings (SSSR count). The molecule has 3 heterocycles. The van der Waals surface area contributed by atoms with Crippen LogP contribution in [0.15, 0.2) is 29.9 Å². The van der Waals surface area contributed by atoms with Gasteiger partial charge in [0, 0.05) is 36.8 Å². The summed E-state index contributed by atoms with van der Waals surface area (Å²) in [6.45, 7) is 3.45. The molecule has 0 aromatic carbocycles. The Morgan fingerprint density at radius 3 is 3.04 bits per heavy atom. The quantitative estimate of drug-likeness (QED) is 0.888. The van der Waals surface area contributed by atoms with Crippen LogP contribution in [0, 0.1) is 6.92 Å². The SMILES string of the molecule is Cc1cc(N2CC[C@@](O)(CN(C)C(=O)Cc3cccs3)C2)ncn1. The zero-order valence-electron chi connectivity index (χ0n) is 14.0. The molecule has 1 fully saturated rings. The Hall–Kier alpha value is -1.99. The molecular formula is C17H22N4O2S. The lowest BCUT2D eigenvalue weighted by molar-refractivity contribution is -0.132. The van der Waals surface area contributed by atoms with Crippen molar-refractivity contribution in [3.63, 3.8) is 0 Å². The minimum absolute atomic E-state index is 0.0298. The lowest BCUT2D eigenvalue weighted by atomic mass is 10.0. The Kier molecular flexibility index (Phi) is 4.82. The van der Waals surface area contributed by atoms with Crippen LogP contribution in [-0.2, 0) is 11.2 Å². The van der Waals surface area contributed by atoms with Gasteiger partial charge in [-0.3, -0.25) is 4.79 Å². The van der Waals surface area contributed by atoms with E-state index in [1.165, 1.54) is 0 Å². The molecule has 7 heteroatoms. The molecule has 0 radical (unpaired) electrons. The van der Waals surface area contributed by atoms with Gasteiger partial charge in [-0.1, -0.05) is 6.07 Å². The summed E-state index contributed by atoms with van der Waals surface area (Å²) in [6, 6.07) is 5.82. The minimum Gasteiger partial charge on any atom is -0.386 e. The maximum Gasteiger partial charge on any atom is 0.227 e. The molecule has 128 valence electrons. The topological polar surface area (TPSA) is 69.6 Å². The number of amides is 1. The van der Waals surface area contributed by atoms with Gasteiger partial charge in [-0.05, 0) is 24.8 Å². The van der Waals surface area contributed by atoms with Crippen LogP contribution in [0.25, 0.3) is 0 Å². The summed E-state index contributed by atoms with van der Waals surface area (Å²) in [6.07, 6.45) is 2.55. The van der Waals surface area contributed by atoms with Crippen LogP contribution < -0.4 is 4.90 Å². The molecule has 2 aromatic rings. The molecular weight excluding hydrogens is 324 g/mol. The number of anilines is 1. The van der Waals surface area contributed by atoms with Crippen molar-refractivity contribution in [1.82, 2.24) is 14.9 Å². The van der Waals surface area contributed by atoms with Crippen LogP contribution in [0.1, 0.15) is 17.0 Å². The largest absolute Gasteiger partial charge is 0.386 e.